The molecule has 2 heterocycles. The molecular formula is C12H18BN3O4. The first-order valence-corrected chi connectivity index (χ1v) is 6.51. The Morgan fingerprint density at radius 1 is 1.55 bits per heavy atom. The fourth-order valence-electron chi connectivity index (χ4n) is 2.39. The van der Waals surface area contributed by atoms with Gasteiger partial charge in [0.25, 0.3) is 11.5 Å². The minimum absolute atomic E-state index is 0.233. The minimum Gasteiger partial charge on any atom is -0.437 e. The Morgan fingerprint density at radius 2 is 2.25 bits per heavy atom. The van der Waals surface area contributed by atoms with Crippen LogP contribution in [0.1, 0.15) is 12.0 Å². The number of nitrogens with zero attached hydrogens (tertiary/aromatic N) is 2. The predicted octanol–water partition coefficient (Wildman–Crippen LogP) is -1.23. The zero-order chi connectivity index (χ0) is 14.9. The zero-order valence-electron chi connectivity index (χ0n) is 11.5. The summed E-state index contributed by atoms with van der Waals surface area (Å²) in [6.07, 6.45) is 1.04. The molecular weight excluding hydrogens is 261 g/mol. The van der Waals surface area contributed by atoms with Gasteiger partial charge in [0, 0.05) is 18.3 Å². The Morgan fingerprint density at radius 3 is 2.90 bits per heavy atom. The highest BCUT2D eigenvalue weighted by Crippen LogP contribution is 2.18. The van der Waals surface area contributed by atoms with Gasteiger partial charge >= 0.3 is 7.05 Å². The summed E-state index contributed by atoms with van der Waals surface area (Å²) in [5.41, 5.74) is 2.72. The second-order valence-corrected chi connectivity index (χ2v) is 5.08. The van der Waals surface area contributed by atoms with Gasteiger partial charge in [-0.15, -0.1) is 0 Å². The van der Waals surface area contributed by atoms with E-state index >= 15 is 0 Å². The molecule has 1 aliphatic rings. The van der Waals surface area contributed by atoms with E-state index in [4.69, 9.17) is 0 Å². The van der Waals surface area contributed by atoms with Crippen LogP contribution in [0, 0.1) is 6.92 Å². The average Bonchev–Trinajstić information content (AvgIpc) is 2.77. The number of β-amino-alcohol motifs (C(OH)–C–C–N with tert-alkyl or cyclic N) is 1. The van der Waals surface area contributed by atoms with Crippen LogP contribution in [0.3, 0.4) is 0 Å². The number of amides is 1. The van der Waals surface area contributed by atoms with Crippen LogP contribution in [0.4, 0.5) is 0 Å². The molecule has 1 saturated heterocycles. The van der Waals surface area contributed by atoms with Crippen molar-refractivity contribution in [2.24, 2.45) is 0 Å². The molecule has 2 atom stereocenters. The molecule has 1 aromatic rings. The maximum Gasteiger partial charge on any atom is 0.377 e. The lowest BCUT2D eigenvalue weighted by molar-refractivity contribution is -0.120. The Labute approximate surface area is 116 Å². The van der Waals surface area contributed by atoms with Crippen molar-refractivity contribution in [3.8, 4) is 0 Å². The number of hydrogen-bond donors (Lipinski definition) is 3. The van der Waals surface area contributed by atoms with E-state index in [-0.39, 0.29) is 18.5 Å². The third kappa shape index (κ3) is 2.92. The number of rotatable bonds is 3. The highest BCUT2D eigenvalue weighted by Gasteiger charge is 2.39. The van der Waals surface area contributed by atoms with Crippen LogP contribution >= 0.6 is 0 Å². The molecule has 7 nitrogen and oxygen atoms in total. The van der Waals surface area contributed by atoms with Crippen molar-refractivity contribution in [1.29, 1.82) is 0 Å². The van der Waals surface area contributed by atoms with E-state index in [0.29, 0.717) is 5.56 Å². The van der Waals surface area contributed by atoms with Crippen molar-refractivity contribution in [2.45, 2.75) is 32.3 Å². The molecule has 1 amide bonds. The van der Waals surface area contributed by atoms with Crippen LogP contribution < -0.4 is 11.0 Å². The summed E-state index contributed by atoms with van der Waals surface area (Å²) in [7, 11) is -0.836. The molecule has 3 N–H and O–H groups in total. The smallest absolute Gasteiger partial charge is 0.377 e. The highest BCUT2D eigenvalue weighted by atomic mass is 16.3. The number of pyridine rings is 1. The lowest BCUT2D eigenvalue weighted by Crippen LogP contribution is -2.49. The van der Waals surface area contributed by atoms with E-state index in [1.165, 1.54) is 17.8 Å². The predicted molar refractivity (Wildman–Crippen MR) is 74.8 cm³/mol. The molecule has 0 aromatic carbocycles. The Bertz CT molecular complexity index is 560. The van der Waals surface area contributed by atoms with Crippen molar-refractivity contribution >= 4 is 13.0 Å². The second-order valence-electron chi connectivity index (χ2n) is 5.08. The molecule has 0 saturated carbocycles. The molecule has 0 spiro atoms. The highest BCUT2D eigenvalue weighted by molar-refractivity contribution is 6.46. The van der Waals surface area contributed by atoms with Crippen LogP contribution in [0.2, 0.25) is 6.82 Å². The van der Waals surface area contributed by atoms with Gasteiger partial charge in [-0.3, -0.25) is 15.0 Å². The first kappa shape index (κ1) is 14.8. The third-order valence-corrected chi connectivity index (χ3v) is 3.47. The van der Waals surface area contributed by atoms with E-state index in [2.05, 4.69) is 5.43 Å². The van der Waals surface area contributed by atoms with Gasteiger partial charge in [-0.05, 0) is 26.2 Å². The number of carbonyl (C=O) groups is 1. The molecule has 1 aromatic heterocycles. The topological polar surface area (TPSA) is 94.8 Å². The van der Waals surface area contributed by atoms with E-state index in [1.54, 1.807) is 19.1 Å². The number of aliphatic hydroxyl groups excluding tert-OH is 1. The first-order valence-electron chi connectivity index (χ1n) is 6.51. The van der Waals surface area contributed by atoms with E-state index in [0.717, 1.165) is 4.68 Å². The first-order chi connectivity index (χ1) is 9.40. The van der Waals surface area contributed by atoms with Crippen molar-refractivity contribution in [2.75, 3.05) is 12.0 Å². The van der Waals surface area contributed by atoms with Gasteiger partial charge < -0.3 is 14.9 Å². The number of aliphatic hydroxyl groups is 1. The molecule has 0 radical (unpaired) electrons. The fraction of sp³-hybridized carbons (Fsp3) is 0.500. The van der Waals surface area contributed by atoms with Crippen molar-refractivity contribution in [3.05, 3.63) is 34.2 Å². The fourth-order valence-corrected chi connectivity index (χ4v) is 2.39. The van der Waals surface area contributed by atoms with E-state index in [9.17, 15) is 19.7 Å². The maximum atomic E-state index is 12.2. The summed E-state index contributed by atoms with van der Waals surface area (Å²) in [6, 6.07) is 2.66. The Hall–Kier alpha value is -1.64. The molecule has 20 heavy (non-hydrogen) atoms. The molecule has 8 heteroatoms. The van der Waals surface area contributed by atoms with Crippen molar-refractivity contribution in [1.82, 2.24) is 9.49 Å². The average molecular weight is 279 g/mol. The Kier molecular flexibility index (Phi) is 4.27. The van der Waals surface area contributed by atoms with E-state index in [1.807, 2.05) is 0 Å². The number of nitrogens with one attached hydrogen (secondary N) is 1. The standard InChI is InChI=1S/C12H18BN3O4/c1-8-4-3-5-16(12(8)19)14-11(18)10-6-9(17)7-15(10)13(2)20/h3-5,9-10,17,20H,6-7H2,1-2H3,(H,14,18)/t9-,10?/m1/s1. The van der Waals surface area contributed by atoms with Gasteiger partial charge in [-0.2, -0.15) is 0 Å². The number of carbonyl (C=O) groups excluding carboxylic acids is 1. The SMILES string of the molecule is CB(O)N1C[C@H](O)CC1C(=O)Nn1cccc(C)c1=O. The second kappa shape index (κ2) is 5.78. The molecule has 0 aliphatic carbocycles. The summed E-state index contributed by atoms with van der Waals surface area (Å²) < 4.78 is 1.11. The van der Waals surface area contributed by atoms with Gasteiger partial charge in [0.1, 0.15) is 0 Å². The quantitative estimate of drug-likeness (QED) is 0.602. The Balaban J connectivity index is 2.15. The maximum absolute atomic E-state index is 12.2. The van der Waals surface area contributed by atoms with Crippen LogP contribution in [-0.4, -0.2) is 51.3 Å². The molecule has 1 fully saturated rings. The number of hydrogen-bond acceptors (Lipinski definition) is 5. The largest absolute Gasteiger partial charge is 0.437 e. The van der Waals surface area contributed by atoms with Crippen LogP contribution in [-0.2, 0) is 4.79 Å². The van der Waals surface area contributed by atoms with Crippen LogP contribution in [0.25, 0.3) is 0 Å². The van der Waals surface area contributed by atoms with Gasteiger partial charge in [0.05, 0.1) is 12.1 Å². The van der Waals surface area contributed by atoms with Gasteiger partial charge in [-0.25, -0.2) is 4.68 Å². The monoisotopic (exact) mass is 279 g/mol. The lowest BCUT2D eigenvalue weighted by atomic mass is 9.84. The van der Waals surface area contributed by atoms with Gasteiger partial charge in [0.2, 0.25) is 0 Å². The summed E-state index contributed by atoms with van der Waals surface area (Å²) in [6.45, 7) is 3.43. The summed E-state index contributed by atoms with van der Waals surface area (Å²) in [5, 5.41) is 19.3. The summed E-state index contributed by atoms with van der Waals surface area (Å²) >= 11 is 0. The van der Waals surface area contributed by atoms with Crippen molar-refractivity contribution in [3.63, 3.8) is 0 Å². The van der Waals surface area contributed by atoms with Crippen molar-refractivity contribution < 1.29 is 14.9 Å². The normalized spacial score (nSPS) is 22.8. The molecule has 0 bridgehead atoms. The molecule has 108 valence electrons. The van der Waals surface area contributed by atoms with Crippen LogP contribution in [0.5, 0.6) is 0 Å². The third-order valence-electron chi connectivity index (χ3n) is 3.47. The zero-order valence-corrected chi connectivity index (χ0v) is 11.5. The van der Waals surface area contributed by atoms with Crippen LogP contribution in [0.15, 0.2) is 23.1 Å². The minimum atomic E-state index is -0.836. The van der Waals surface area contributed by atoms with Gasteiger partial charge in [0.15, 0.2) is 0 Å². The van der Waals surface area contributed by atoms with Gasteiger partial charge in [-0.1, -0.05) is 6.07 Å². The number of aromatic nitrogens is 1. The number of aryl methyl sites for hydroxylation is 1. The summed E-state index contributed by atoms with van der Waals surface area (Å²) in [5.74, 6) is -0.421. The molecule has 1 aliphatic heterocycles. The molecule has 2 rings (SSSR count). The lowest BCUT2D eigenvalue weighted by Gasteiger charge is -2.24. The van der Waals surface area contributed by atoms with E-state index < -0.39 is 25.1 Å². The summed E-state index contributed by atoms with van der Waals surface area (Å²) in [4.78, 5) is 25.5. The molecule has 1 unspecified atom stereocenters.